The minimum Gasteiger partial charge on any atom is -0.548 e. The molecule has 5 heteroatoms. The largest absolute Gasteiger partial charge is 1.00 e. The molecule has 0 fully saturated rings. The molecule has 16 heavy (non-hydrogen) atoms. The van der Waals surface area contributed by atoms with E-state index < -0.39 is 12.0 Å². The molecular formula is C11H12NNaO3. The number of carbonyl (C=O) groups excluding carboxylic acids is 1. The standard InChI is InChI=1S/C11H13NO3.Na/c1-8(11(13)14)12-7-9-3-5-10(15-2)6-4-9;/h3-8H,1-2H3,(H,13,14);/q;+1/p-1/b12-7+;/t8-;/m0./s1. The first-order chi connectivity index (χ1) is 7.13. The van der Waals surface area contributed by atoms with E-state index in [0.29, 0.717) is 0 Å². The average molecular weight is 229 g/mol. The van der Waals surface area contributed by atoms with Gasteiger partial charge in [-0.15, -0.1) is 0 Å². The topological polar surface area (TPSA) is 61.7 Å². The van der Waals surface area contributed by atoms with Crippen LogP contribution in [0.5, 0.6) is 5.75 Å². The minimum atomic E-state index is -1.18. The predicted molar refractivity (Wildman–Crippen MR) is 55.1 cm³/mol. The summed E-state index contributed by atoms with van der Waals surface area (Å²) in [6, 6.07) is 6.33. The van der Waals surface area contributed by atoms with Crippen LogP contribution < -0.4 is 39.4 Å². The second-order valence-electron chi connectivity index (χ2n) is 3.05. The zero-order valence-electron chi connectivity index (χ0n) is 9.64. The Hall–Kier alpha value is -0.840. The maximum Gasteiger partial charge on any atom is 1.00 e. The number of nitrogens with zero attached hydrogens (tertiary/aromatic N) is 1. The third-order valence-electron chi connectivity index (χ3n) is 1.90. The number of carbonyl (C=O) groups is 1. The van der Waals surface area contributed by atoms with Crippen molar-refractivity contribution in [2.24, 2.45) is 4.99 Å². The van der Waals surface area contributed by atoms with Crippen LogP contribution in [-0.2, 0) is 4.79 Å². The van der Waals surface area contributed by atoms with Crippen molar-refractivity contribution in [3.8, 4) is 5.75 Å². The van der Waals surface area contributed by atoms with Gasteiger partial charge in [-0.3, -0.25) is 4.99 Å². The number of carboxylic acid groups (broad SMARTS) is 1. The quantitative estimate of drug-likeness (QED) is 0.415. The normalized spacial score (nSPS) is 11.9. The van der Waals surface area contributed by atoms with E-state index in [1.54, 1.807) is 31.4 Å². The Morgan fingerprint density at radius 3 is 2.44 bits per heavy atom. The molecule has 0 saturated heterocycles. The number of ether oxygens (including phenoxy) is 1. The summed E-state index contributed by atoms with van der Waals surface area (Å²) in [6.07, 6.45) is 1.50. The summed E-state index contributed by atoms with van der Waals surface area (Å²) in [5, 5.41) is 10.4. The van der Waals surface area contributed by atoms with Crippen molar-refractivity contribution >= 4 is 12.2 Å². The molecular weight excluding hydrogens is 217 g/mol. The predicted octanol–water partition coefficient (Wildman–Crippen LogP) is -2.74. The summed E-state index contributed by atoms with van der Waals surface area (Å²) in [4.78, 5) is 14.2. The summed E-state index contributed by atoms with van der Waals surface area (Å²) in [5.41, 5.74) is 0.823. The Morgan fingerprint density at radius 2 is 2.00 bits per heavy atom. The van der Waals surface area contributed by atoms with Crippen molar-refractivity contribution in [2.75, 3.05) is 7.11 Å². The molecule has 0 N–H and O–H groups in total. The molecule has 0 heterocycles. The smallest absolute Gasteiger partial charge is 0.548 e. The zero-order valence-corrected chi connectivity index (χ0v) is 11.6. The van der Waals surface area contributed by atoms with Crippen LogP contribution in [0.3, 0.4) is 0 Å². The zero-order chi connectivity index (χ0) is 11.3. The van der Waals surface area contributed by atoms with Crippen LogP contribution >= 0.6 is 0 Å². The molecule has 1 aromatic carbocycles. The number of hydrogen-bond donors (Lipinski definition) is 0. The molecule has 0 bridgehead atoms. The Balaban J connectivity index is 0.00000225. The molecule has 1 atom stereocenters. The van der Waals surface area contributed by atoms with Crippen LogP contribution in [0.1, 0.15) is 12.5 Å². The Morgan fingerprint density at radius 1 is 1.44 bits per heavy atom. The molecule has 80 valence electrons. The Labute approximate surface area is 117 Å². The molecule has 0 radical (unpaired) electrons. The number of aliphatic carboxylic acids is 1. The first-order valence-corrected chi connectivity index (χ1v) is 4.51. The van der Waals surface area contributed by atoms with E-state index in [9.17, 15) is 9.90 Å². The number of methoxy groups -OCH3 is 1. The minimum absolute atomic E-state index is 0. The summed E-state index contributed by atoms with van der Waals surface area (Å²) >= 11 is 0. The van der Waals surface area contributed by atoms with E-state index in [0.717, 1.165) is 11.3 Å². The van der Waals surface area contributed by atoms with Gasteiger partial charge in [-0.25, -0.2) is 0 Å². The van der Waals surface area contributed by atoms with Crippen LogP contribution in [-0.4, -0.2) is 25.3 Å². The molecule has 0 amide bonds. The van der Waals surface area contributed by atoms with Crippen LogP contribution in [0.4, 0.5) is 0 Å². The van der Waals surface area contributed by atoms with Gasteiger partial charge in [0.25, 0.3) is 0 Å². The monoisotopic (exact) mass is 229 g/mol. The Kier molecular flexibility index (Phi) is 7.05. The van der Waals surface area contributed by atoms with Crippen molar-refractivity contribution in [3.63, 3.8) is 0 Å². The molecule has 0 unspecified atom stereocenters. The summed E-state index contributed by atoms with van der Waals surface area (Å²) in [5.74, 6) is -0.431. The van der Waals surface area contributed by atoms with Gasteiger partial charge < -0.3 is 14.6 Å². The molecule has 4 nitrogen and oxygen atoms in total. The van der Waals surface area contributed by atoms with Gasteiger partial charge in [0.05, 0.1) is 19.1 Å². The van der Waals surface area contributed by atoms with E-state index in [1.807, 2.05) is 0 Å². The molecule has 1 rings (SSSR count). The molecule has 0 aromatic heterocycles. The maximum atomic E-state index is 10.4. The maximum absolute atomic E-state index is 10.4. The fourth-order valence-electron chi connectivity index (χ4n) is 0.949. The van der Waals surface area contributed by atoms with Gasteiger partial charge in [0.15, 0.2) is 0 Å². The second kappa shape index (κ2) is 7.44. The molecule has 0 aliphatic rings. The fraction of sp³-hybridized carbons (Fsp3) is 0.273. The van der Waals surface area contributed by atoms with E-state index >= 15 is 0 Å². The van der Waals surface area contributed by atoms with Gasteiger partial charge in [-0.2, -0.15) is 0 Å². The number of aliphatic imine (C=N–C) groups is 1. The molecule has 0 aliphatic carbocycles. The van der Waals surface area contributed by atoms with Crippen LogP contribution in [0.15, 0.2) is 29.3 Å². The molecule has 1 aromatic rings. The van der Waals surface area contributed by atoms with Crippen molar-refractivity contribution in [2.45, 2.75) is 13.0 Å². The molecule has 0 aliphatic heterocycles. The number of benzene rings is 1. The average Bonchev–Trinajstić information content (AvgIpc) is 2.26. The summed E-state index contributed by atoms with van der Waals surface area (Å²) in [7, 11) is 1.58. The second-order valence-corrected chi connectivity index (χ2v) is 3.05. The van der Waals surface area contributed by atoms with E-state index in [1.165, 1.54) is 13.1 Å². The van der Waals surface area contributed by atoms with Gasteiger partial charge in [0.1, 0.15) is 5.75 Å². The van der Waals surface area contributed by atoms with Crippen LogP contribution in [0, 0.1) is 0 Å². The van der Waals surface area contributed by atoms with Gasteiger partial charge >= 0.3 is 29.6 Å². The van der Waals surface area contributed by atoms with Gasteiger partial charge in [0, 0.05) is 6.21 Å². The third kappa shape index (κ3) is 4.79. The van der Waals surface area contributed by atoms with E-state index in [2.05, 4.69) is 4.99 Å². The summed E-state index contributed by atoms with van der Waals surface area (Å²) in [6.45, 7) is 1.47. The fourth-order valence-corrected chi connectivity index (χ4v) is 0.949. The van der Waals surface area contributed by atoms with Crippen molar-refractivity contribution in [3.05, 3.63) is 29.8 Å². The van der Waals surface area contributed by atoms with Crippen molar-refractivity contribution in [1.29, 1.82) is 0 Å². The number of rotatable bonds is 4. The van der Waals surface area contributed by atoms with Crippen LogP contribution in [0.25, 0.3) is 0 Å². The Bertz CT molecular complexity index is 362. The first kappa shape index (κ1) is 15.2. The SMILES string of the molecule is COc1ccc(/C=N/[C@@H](C)C(=O)[O-])cc1.[Na+]. The third-order valence-corrected chi connectivity index (χ3v) is 1.90. The van der Waals surface area contributed by atoms with E-state index in [4.69, 9.17) is 4.74 Å². The van der Waals surface area contributed by atoms with Crippen LogP contribution in [0.2, 0.25) is 0 Å². The molecule has 0 saturated carbocycles. The van der Waals surface area contributed by atoms with Gasteiger partial charge in [-0.1, -0.05) is 0 Å². The van der Waals surface area contributed by atoms with Crippen molar-refractivity contribution in [1.82, 2.24) is 0 Å². The molecule has 0 spiro atoms. The summed E-state index contributed by atoms with van der Waals surface area (Å²) < 4.78 is 4.98. The number of carboxylic acids is 1. The van der Waals surface area contributed by atoms with Crippen molar-refractivity contribution < 1.29 is 44.2 Å². The first-order valence-electron chi connectivity index (χ1n) is 4.51. The number of hydrogen-bond acceptors (Lipinski definition) is 4. The van der Waals surface area contributed by atoms with Gasteiger partial charge in [0.2, 0.25) is 0 Å². The van der Waals surface area contributed by atoms with E-state index in [-0.39, 0.29) is 29.6 Å². The van der Waals surface area contributed by atoms with Gasteiger partial charge in [-0.05, 0) is 36.8 Å².